The zero-order valence-electron chi connectivity index (χ0n) is 13.3. The standard InChI is InChI=1S/C17H25NO4/c1-12(2)15(18-16(19)14-9-6-10-21-14)17(20)22-11-13-7-4-3-5-8-13/h6,9-10,12-13,15H,3-5,7-8,11H2,1-2H3,(H,18,19). The van der Waals surface area contributed by atoms with Crippen LogP contribution in [0.25, 0.3) is 0 Å². The molecule has 1 fully saturated rings. The van der Waals surface area contributed by atoms with Crippen LogP contribution in [0.5, 0.6) is 0 Å². The van der Waals surface area contributed by atoms with Gasteiger partial charge in [-0.1, -0.05) is 33.1 Å². The average Bonchev–Trinajstić information content (AvgIpc) is 3.05. The van der Waals surface area contributed by atoms with E-state index >= 15 is 0 Å². The summed E-state index contributed by atoms with van der Waals surface area (Å²) in [4.78, 5) is 24.3. The van der Waals surface area contributed by atoms with E-state index in [-0.39, 0.29) is 17.6 Å². The number of carbonyl (C=O) groups excluding carboxylic acids is 2. The summed E-state index contributed by atoms with van der Waals surface area (Å²) in [5.74, 6) is -0.131. The van der Waals surface area contributed by atoms with Crippen molar-refractivity contribution in [3.05, 3.63) is 24.2 Å². The Balaban J connectivity index is 1.86. The van der Waals surface area contributed by atoms with Crippen LogP contribution in [-0.4, -0.2) is 24.5 Å². The van der Waals surface area contributed by atoms with Gasteiger partial charge >= 0.3 is 5.97 Å². The van der Waals surface area contributed by atoms with Crippen molar-refractivity contribution >= 4 is 11.9 Å². The molecule has 1 saturated carbocycles. The maximum atomic E-state index is 12.3. The van der Waals surface area contributed by atoms with Crippen LogP contribution in [0.2, 0.25) is 0 Å². The maximum absolute atomic E-state index is 12.3. The summed E-state index contributed by atoms with van der Waals surface area (Å²) in [5, 5.41) is 2.70. The van der Waals surface area contributed by atoms with Crippen molar-refractivity contribution < 1.29 is 18.7 Å². The molecule has 0 aromatic carbocycles. The number of carbonyl (C=O) groups is 2. The van der Waals surface area contributed by atoms with Crippen LogP contribution in [0.15, 0.2) is 22.8 Å². The summed E-state index contributed by atoms with van der Waals surface area (Å²) >= 11 is 0. The lowest BCUT2D eigenvalue weighted by molar-refractivity contribution is -0.148. The second kappa shape index (κ2) is 8.01. The highest BCUT2D eigenvalue weighted by molar-refractivity contribution is 5.94. The molecule has 1 aliphatic carbocycles. The second-order valence-corrected chi connectivity index (χ2v) is 6.31. The van der Waals surface area contributed by atoms with Crippen molar-refractivity contribution in [3.8, 4) is 0 Å². The van der Waals surface area contributed by atoms with E-state index in [1.807, 2.05) is 13.8 Å². The molecule has 1 unspecified atom stereocenters. The first kappa shape index (κ1) is 16.6. The lowest BCUT2D eigenvalue weighted by Crippen LogP contribution is -2.45. The molecule has 22 heavy (non-hydrogen) atoms. The summed E-state index contributed by atoms with van der Waals surface area (Å²) in [6, 6.07) is 2.56. The van der Waals surface area contributed by atoms with Crippen molar-refractivity contribution in [1.29, 1.82) is 0 Å². The van der Waals surface area contributed by atoms with Gasteiger partial charge in [0.2, 0.25) is 0 Å². The predicted octanol–water partition coefficient (Wildman–Crippen LogP) is 3.16. The number of nitrogens with one attached hydrogen (secondary N) is 1. The minimum atomic E-state index is -0.652. The Morgan fingerprint density at radius 1 is 1.32 bits per heavy atom. The molecule has 1 aromatic heterocycles. The predicted molar refractivity (Wildman–Crippen MR) is 82.3 cm³/mol. The number of esters is 1. The molecule has 0 aliphatic heterocycles. The van der Waals surface area contributed by atoms with Crippen molar-refractivity contribution in [3.63, 3.8) is 0 Å². The van der Waals surface area contributed by atoms with Crippen LogP contribution in [0.3, 0.4) is 0 Å². The third-order valence-corrected chi connectivity index (χ3v) is 4.14. The monoisotopic (exact) mass is 307 g/mol. The van der Waals surface area contributed by atoms with Crippen LogP contribution >= 0.6 is 0 Å². The molecule has 1 amide bonds. The lowest BCUT2D eigenvalue weighted by Gasteiger charge is -2.24. The molecule has 1 atom stereocenters. The molecular weight excluding hydrogens is 282 g/mol. The van der Waals surface area contributed by atoms with Gasteiger partial charge < -0.3 is 14.5 Å². The van der Waals surface area contributed by atoms with Gasteiger partial charge in [-0.25, -0.2) is 4.79 Å². The smallest absolute Gasteiger partial charge is 0.328 e. The third kappa shape index (κ3) is 4.61. The minimum absolute atomic E-state index is 0.0437. The highest BCUT2D eigenvalue weighted by Crippen LogP contribution is 2.24. The number of rotatable bonds is 6. The fraction of sp³-hybridized carbons (Fsp3) is 0.647. The summed E-state index contributed by atoms with van der Waals surface area (Å²) in [6.45, 7) is 4.22. The van der Waals surface area contributed by atoms with Gasteiger partial charge in [-0.15, -0.1) is 0 Å². The molecule has 0 bridgehead atoms. The quantitative estimate of drug-likeness (QED) is 0.820. The zero-order valence-corrected chi connectivity index (χ0v) is 13.3. The molecule has 5 nitrogen and oxygen atoms in total. The Morgan fingerprint density at radius 2 is 2.05 bits per heavy atom. The summed E-state index contributed by atoms with van der Waals surface area (Å²) < 4.78 is 10.5. The Kier molecular flexibility index (Phi) is 6.04. The third-order valence-electron chi connectivity index (χ3n) is 4.14. The normalized spacial score (nSPS) is 17.2. The lowest BCUT2D eigenvalue weighted by atomic mass is 9.90. The van der Waals surface area contributed by atoms with Crippen molar-refractivity contribution in [2.24, 2.45) is 11.8 Å². The maximum Gasteiger partial charge on any atom is 0.328 e. The van der Waals surface area contributed by atoms with Gasteiger partial charge in [0.15, 0.2) is 5.76 Å². The van der Waals surface area contributed by atoms with E-state index in [1.54, 1.807) is 12.1 Å². The van der Waals surface area contributed by atoms with Gasteiger partial charge in [0.25, 0.3) is 5.91 Å². The number of amides is 1. The van der Waals surface area contributed by atoms with E-state index in [4.69, 9.17) is 9.15 Å². The molecular formula is C17H25NO4. The van der Waals surface area contributed by atoms with Crippen molar-refractivity contribution in [1.82, 2.24) is 5.32 Å². The number of ether oxygens (including phenoxy) is 1. The molecule has 1 heterocycles. The van der Waals surface area contributed by atoms with Gasteiger partial charge in [0.1, 0.15) is 6.04 Å². The Morgan fingerprint density at radius 3 is 2.64 bits per heavy atom. The van der Waals surface area contributed by atoms with E-state index < -0.39 is 11.9 Å². The van der Waals surface area contributed by atoms with Crippen LogP contribution in [-0.2, 0) is 9.53 Å². The van der Waals surface area contributed by atoms with Gasteiger partial charge in [0, 0.05) is 0 Å². The van der Waals surface area contributed by atoms with E-state index in [2.05, 4.69) is 5.32 Å². The van der Waals surface area contributed by atoms with Crippen LogP contribution in [0.1, 0.15) is 56.5 Å². The minimum Gasteiger partial charge on any atom is -0.464 e. The fourth-order valence-electron chi connectivity index (χ4n) is 2.76. The second-order valence-electron chi connectivity index (χ2n) is 6.31. The first-order valence-corrected chi connectivity index (χ1v) is 8.09. The van der Waals surface area contributed by atoms with Gasteiger partial charge in [-0.3, -0.25) is 4.79 Å². The Hall–Kier alpha value is -1.78. The molecule has 5 heteroatoms. The summed E-state index contributed by atoms with van der Waals surface area (Å²) in [7, 11) is 0. The molecule has 1 aliphatic rings. The van der Waals surface area contributed by atoms with Crippen LogP contribution in [0, 0.1) is 11.8 Å². The highest BCUT2D eigenvalue weighted by Gasteiger charge is 2.27. The number of hydrogen-bond acceptors (Lipinski definition) is 4. The van der Waals surface area contributed by atoms with Gasteiger partial charge in [-0.05, 0) is 36.8 Å². The van der Waals surface area contributed by atoms with E-state index in [9.17, 15) is 9.59 Å². The van der Waals surface area contributed by atoms with Crippen LogP contribution in [0.4, 0.5) is 0 Å². The highest BCUT2D eigenvalue weighted by atomic mass is 16.5. The van der Waals surface area contributed by atoms with Crippen LogP contribution < -0.4 is 5.32 Å². The number of hydrogen-bond donors (Lipinski definition) is 1. The van der Waals surface area contributed by atoms with Crippen molar-refractivity contribution in [2.75, 3.05) is 6.61 Å². The van der Waals surface area contributed by atoms with E-state index in [0.29, 0.717) is 12.5 Å². The molecule has 0 saturated heterocycles. The molecule has 0 radical (unpaired) electrons. The largest absolute Gasteiger partial charge is 0.464 e. The number of furan rings is 1. The Labute approximate surface area is 131 Å². The molecule has 1 N–H and O–H groups in total. The van der Waals surface area contributed by atoms with Gasteiger partial charge in [-0.2, -0.15) is 0 Å². The fourth-order valence-corrected chi connectivity index (χ4v) is 2.76. The Bertz CT molecular complexity index is 475. The van der Waals surface area contributed by atoms with Gasteiger partial charge in [0.05, 0.1) is 12.9 Å². The molecule has 122 valence electrons. The molecule has 0 spiro atoms. The van der Waals surface area contributed by atoms with Crippen molar-refractivity contribution in [2.45, 2.75) is 52.0 Å². The summed E-state index contributed by atoms with van der Waals surface area (Å²) in [5.41, 5.74) is 0. The first-order chi connectivity index (χ1) is 10.6. The summed E-state index contributed by atoms with van der Waals surface area (Å²) in [6.07, 6.45) is 7.38. The molecule has 1 aromatic rings. The molecule has 2 rings (SSSR count). The average molecular weight is 307 g/mol. The SMILES string of the molecule is CC(C)C(NC(=O)c1ccco1)C(=O)OCC1CCCCC1. The zero-order chi connectivity index (χ0) is 15.9. The topological polar surface area (TPSA) is 68.5 Å². The first-order valence-electron chi connectivity index (χ1n) is 8.09. The van der Waals surface area contributed by atoms with E-state index in [1.165, 1.54) is 25.5 Å². The van der Waals surface area contributed by atoms with E-state index in [0.717, 1.165) is 12.8 Å².